The third-order valence-electron chi connectivity index (χ3n) is 3.61. The van der Waals surface area contributed by atoms with Crippen LogP contribution in [0.15, 0.2) is 18.2 Å². The molecule has 20 heavy (non-hydrogen) atoms. The molecule has 1 aliphatic rings. The lowest BCUT2D eigenvalue weighted by Crippen LogP contribution is -2.05. The molecule has 0 spiro atoms. The molecule has 0 atom stereocenters. The fourth-order valence-corrected chi connectivity index (χ4v) is 2.41. The number of hydrogen-bond acceptors (Lipinski definition) is 2. The Kier molecular flexibility index (Phi) is 2.98. The molecule has 3 nitrogen and oxygen atoms in total. The van der Waals surface area contributed by atoms with Gasteiger partial charge in [0, 0.05) is 11.5 Å². The van der Waals surface area contributed by atoms with Crippen molar-refractivity contribution in [1.82, 2.24) is 9.55 Å². The van der Waals surface area contributed by atoms with Crippen LogP contribution in [0.5, 0.6) is 0 Å². The van der Waals surface area contributed by atoms with Crippen molar-refractivity contribution in [3.05, 3.63) is 35.4 Å². The lowest BCUT2D eigenvalue weighted by Gasteiger charge is -2.05. The van der Waals surface area contributed by atoms with Gasteiger partial charge in [-0.3, -0.25) is 0 Å². The quantitative estimate of drug-likeness (QED) is 0.870. The number of anilines is 1. The zero-order chi connectivity index (χ0) is 14.3. The molecule has 1 aromatic carbocycles. The van der Waals surface area contributed by atoms with E-state index in [0.29, 0.717) is 29.5 Å². The Labute approximate surface area is 117 Å². The molecule has 0 aliphatic heterocycles. The van der Waals surface area contributed by atoms with E-state index in [9.17, 15) is 4.39 Å². The number of aromatic nitrogens is 2. The number of halogens is 1. The van der Waals surface area contributed by atoms with Crippen LogP contribution in [0.2, 0.25) is 0 Å². The molecule has 0 bridgehead atoms. The van der Waals surface area contributed by atoms with Crippen LogP contribution in [0.1, 0.15) is 30.1 Å². The summed E-state index contributed by atoms with van der Waals surface area (Å²) in [7, 11) is 0. The van der Waals surface area contributed by atoms with E-state index >= 15 is 0 Å². The minimum atomic E-state index is -0.310. The van der Waals surface area contributed by atoms with E-state index in [0.717, 1.165) is 24.2 Å². The summed E-state index contributed by atoms with van der Waals surface area (Å²) in [6.07, 6.45) is 7.58. The smallest absolute Gasteiger partial charge is 0.132 e. The van der Waals surface area contributed by atoms with Crippen molar-refractivity contribution in [3.8, 4) is 23.6 Å². The first-order valence-electron chi connectivity index (χ1n) is 6.67. The van der Waals surface area contributed by atoms with Gasteiger partial charge in [0.25, 0.3) is 0 Å². The van der Waals surface area contributed by atoms with Gasteiger partial charge in [0.1, 0.15) is 23.2 Å². The average Bonchev–Trinajstić information content (AvgIpc) is 3.21. The number of terminal acetylenes is 1. The second-order valence-electron chi connectivity index (χ2n) is 5.25. The first-order chi connectivity index (χ1) is 9.61. The highest BCUT2D eigenvalue weighted by Gasteiger charge is 2.31. The number of hydrogen-bond donors (Lipinski definition) is 1. The lowest BCUT2D eigenvalue weighted by molar-refractivity contribution is 0.630. The summed E-state index contributed by atoms with van der Waals surface area (Å²) in [4.78, 5) is 4.56. The van der Waals surface area contributed by atoms with Crippen molar-refractivity contribution < 1.29 is 4.39 Å². The molecule has 2 N–H and O–H groups in total. The first kappa shape index (κ1) is 12.7. The van der Waals surface area contributed by atoms with Crippen molar-refractivity contribution in [2.24, 2.45) is 0 Å². The molecule has 0 amide bonds. The van der Waals surface area contributed by atoms with Gasteiger partial charge in [-0.05, 0) is 31.9 Å². The van der Waals surface area contributed by atoms with Gasteiger partial charge in [-0.1, -0.05) is 17.6 Å². The summed E-state index contributed by atoms with van der Waals surface area (Å²) >= 11 is 0. The molecule has 0 unspecified atom stereocenters. The fraction of sp³-hybridized carbons (Fsp3) is 0.312. The highest BCUT2D eigenvalue weighted by Crippen LogP contribution is 2.42. The predicted octanol–water partition coefficient (Wildman–Crippen LogP) is 3.09. The van der Waals surface area contributed by atoms with Crippen LogP contribution in [0.4, 0.5) is 10.2 Å². The summed E-state index contributed by atoms with van der Waals surface area (Å²) < 4.78 is 15.9. The topological polar surface area (TPSA) is 43.8 Å². The Hall–Kier alpha value is -2.28. The molecule has 102 valence electrons. The fourth-order valence-electron chi connectivity index (χ4n) is 2.41. The van der Waals surface area contributed by atoms with Crippen molar-refractivity contribution in [1.29, 1.82) is 0 Å². The molecular weight excluding hydrogens is 253 g/mol. The molecule has 2 aromatic rings. The van der Waals surface area contributed by atoms with Crippen LogP contribution in [-0.4, -0.2) is 9.55 Å². The summed E-state index contributed by atoms with van der Waals surface area (Å²) in [5.41, 5.74) is 8.07. The monoisotopic (exact) mass is 269 g/mol. The standard InChI is InChI=1S/C16H16FN3/c1-3-8-20-15(18)14(19-16(20)11-5-6-11)12-9-10(2)4-7-13(12)17/h1,4,7,9,11H,5-6,8,18H2,2H3. The zero-order valence-corrected chi connectivity index (χ0v) is 11.4. The average molecular weight is 269 g/mol. The number of nitrogens with two attached hydrogens (primary N) is 1. The third kappa shape index (κ3) is 2.05. The molecule has 3 rings (SSSR count). The third-order valence-corrected chi connectivity index (χ3v) is 3.61. The minimum absolute atomic E-state index is 0.310. The largest absolute Gasteiger partial charge is 0.383 e. The van der Waals surface area contributed by atoms with Gasteiger partial charge in [0.2, 0.25) is 0 Å². The maximum absolute atomic E-state index is 14.0. The maximum Gasteiger partial charge on any atom is 0.132 e. The molecule has 1 aliphatic carbocycles. The van der Waals surface area contributed by atoms with E-state index < -0.39 is 0 Å². The maximum atomic E-state index is 14.0. The number of rotatable bonds is 3. The van der Waals surface area contributed by atoms with Crippen LogP contribution in [0, 0.1) is 25.1 Å². The van der Waals surface area contributed by atoms with Gasteiger partial charge in [-0.15, -0.1) is 6.42 Å². The van der Waals surface area contributed by atoms with Crippen LogP contribution < -0.4 is 5.73 Å². The van der Waals surface area contributed by atoms with Gasteiger partial charge in [0.15, 0.2) is 0 Å². The Bertz CT molecular complexity index is 705. The van der Waals surface area contributed by atoms with Crippen molar-refractivity contribution in [2.45, 2.75) is 32.2 Å². The van der Waals surface area contributed by atoms with Gasteiger partial charge in [-0.2, -0.15) is 0 Å². The van der Waals surface area contributed by atoms with Gasteiger partial charge in [0.05, 0.1) is 6.54 Å². The summed E-state index contributed by atoms with van der Waals surface area (Å²) in [6.45, 7) is 2.29. The van der Waals surface area contributed by atoms with E-state index in [-0.39, 0.29) is 5.82 Å². The molecule has 1 saturated carbocycles. The van der Waals surface area contributed by atoms with Crippen molar-refractivity contribution in [2.75, 3.05) is 5.73 Å². The van der Waals surface area contributed by atoms with Crippen LogP contribution >= 0.6 is 0 Å². The van der Waals surface area contributed by atoms with Crippen LogP contribution in [-0.2, 0) is 6.54 Å². The molecule has 0 saturated heterocycles. The lowest BCUT2D eigenvalue weighted by atomic mass is 10.1. The normalized spacial score (nSPS) is 14.2. The van der Waals surface area contributed by atoms with Gasteiger partial charge < -0.3 is 10.3 Å². The van der Waals surface area contributed by atoms with Crippen molar-refractivity contribution in [3.63, 3.8) is 0 Å². The van der Waals surface area contributed by atoms with E-state index in [2.05, 4.69) is 10.9 Å². The highest BCUT2D eigenvalue weighted by atomic mass is 19.1. The Morgan fingerprint density at radius 3 is 2.90 bits per heavy atom. The molecule has 1 fully saturated rings. The van der Waals surface area contributed by atoms with Crippen LogP contribution in [0.25, 0.3) is 11.3 Å². The number of nitrogen functional groups attached to an aromatic ring is 1. The minimum Gasteiger partial charge on any atom is -0.383 e. The van der Waals surface area contributed by atoms with Gasteiger partial charge in [-0.25, -0.2) is 9.37 Å². The van der Waals surface area contributed by atoms with E-state index in [1.807, 2.05) is 11.5 Å². The first-order valence-corrected chi connectivity index (χ1v) is 6.67. The Morgan fingerprint density at radius 1 is 1.50 bits per heavy atom. The summed E-state index contributed by atoms with van der Waals surface area (Å²) in [6, 6.07) is 4.95. The predicted molar refractivity (Wildman–Crippen MR) is 77.6 cm³/mol. The summed E-state index contributed by atoms with van der Waals surface area (Å²) in [5, 5.41) is 0. The Balaban J connectivity index is 2.16. The zero-order valence-electron chi connectivity index (χ0n) is 11.4. The molecule has 0 radical (unpaired) electrons. The molecule has 1 heterocycles. The Morgan fingerprint density at radius 2 is 2.25 bits per heavy atom. The molecule has 1 aromatic heterocycles. The van der Waals surface area contributed by atoms with E-state index in [1.165, 1.54) is 6.07 Å². The second-order valence-corrected chi connectivity index (χ2v) is 5.25. The second kappa shape index (κ2) is 4.68. The SMILES string of the molecule is C#CCn1c(C2CC2)nc(-c2cc(C)ccc2F)c1N. The number of benzene rings is 1. The summed E-state index contributed by atoms with van der Waals surface area (Å²) in [5.74, 6) is 4.03. The van der Waals surface area contributed by atoms with Crippen molar-refractivity contribution >= 4 is 5.82 Å². The number of imidazole rings is 1. The molecule has 4 heteroatoms. The number of aryl methyl sites for hydroxylation is 1. The highest BCUT2D eigenvalue weighted by molar-refractivity contribution is 5.72. The molecular formula is C16H16FN3. The van der Waals surface area contributed by atoms with E-state index in [4.69, 9.17) is 12.2 Å². The van der Waals surface area contributed by atoms with E-state index in [1.54, 1.807) is 12.1 Å². The van der Waals surface area contributed by atoms with Crippen LogP contribution in [0.3, 0.4) is 0 Å². The number of nitrogens with zero attached hydrogens (tertiary/aromatic N) is 2. The van der Waals surface area contributed by atoms with Gasteiger partial charge >= 0.3 is 0 Å².